The van der Waals surface area contributed by atoms with Gasteiger partial charge in [-0.2, -0.15) is 4.39 Å². The predicted octanol–water partition coefficient (Wildman–Crippen LogP) is 2.27. The van der Waals surface area contributed by atoms with Gasteiger partial charge in [-0.05, 0) is 19.1 Å². The standard InChI is InChI=1S/C13H11FN4O3/c1-7-4-11(15)9(6-16-7)13(19)17-8-2-3-12(18(20)21)10(14)5-8/h2-6H,1H3,(H2,15,16)(H,17,19). The molecule has 108 valence electrons. The highest BCUT2D eigenvalue weighted by atomic mass is 19.1. The molecule has 0 saturated heterocycles. The summed E-state index contributed by atoms with van der Waals surface area (Å²) in [6.45, 7) is 1.73. The number of rotatable bonds is 3. The van der Waals surface area contributed by atoms with Crippen LogP contribution in [0.15, 0.2) is 30.5 Å². The van der Waals surface area contributed by atoms with E-state index in [1.807, 2.05) is 0 Å². The molecule has 0 unspecified atom stereocenters. The number of halogens is 1. The van der Waals surface area contributed by atoms with E-state index < -0.39 is 22.3 Å². The molecule has 1 amide bonds. The van der Waals surface area contributed by atoms with Gasteiger partial charge in [0.05, 0.1) is 10.5 Å². The number of nitro benzene ring substituents is 1. The van der Waals surface area contributed by atoms with E-state index in [-0.39, 0.29) is 16.9 Å². The summed E-state index contributed by atoms with van der Waals surface area (Å²) in [5, 5.41) is 12.9. The van der Waals surface area contributed by atoms with Crippen LogP contribution in [-0.2, 0) is 0 Å². The van der Waals surface area contributed by atoms with Crippen LogP contribution in [0.4, 0.5) is 21.5 Å². The number of aryl methyl sites for hydroxylation is 1. The molecule has 0 fully saturated rings. The number of carbonyl (C=O) groups excluding carboxylic acids is 1. The fraction of sp³-hybridized carbons (Fsp3) is 0.0769. The molecule has 8 heteroatoms. The second-order valence-corrected chi connectivity index (χ2v) is 4.29. The van der Waals surface area contributed by atoms with Gasteiger partial charge in [0.15, 0.2) is 0 Å². The molecule has 0 aliphatic carbocycles. The third-order valence-corrected chi connectivity index (χ3v) is 2.72. The van der Waals surface area contributed by atoms with Crippen LogP contribution in [0.3, 0.4) is 0 Å². The van der Waals surface area contributed by atoms with Crippen molar-refractivity contribution in [3.63, 3.8) is 0 Å². The summed E-state index contributed by atoms with van der Waals surface area (Å²) in [5.41, 5.74) is 6.16. The number of benzene rings is 1. The number of anilines is 2. The lowest BCUT2D eigenvalue weighted by Gasteiger charge is -2.08. The summed E-state index contributed by atoms with van der Waals surface area (Å²) in [7, 11) is 0. The summed E-state index contributed by atoms with van der Waals surface area (Å²) in [4.78, 5) is 25.6. The van der Waals surface area contributed by atoms with Gasteiger partial charge in [0, 0.05) is 35.4 Å². The second-order valence-electron chi connectivity index (χ2n) is 4.29. The SMILES string of the molecule is Cc1cc(N)c(C(=O)Nc2ccc([N+](=O)[O-])c(F)c2)cn1. The maximum absolute atomic E-state index is 13.5. The lowest BCUT2D eigenvalue weighted by Crippen LogP contribution is -2.15. The summed E-state index contributed by atoms with van der Waals surface area (Å²) < 4.78 is 13.5. The summed E-state index contributed by atoms with van der Waals surface area (Å²) in [5.74, 6) is -1.61. The number of hydrogen-bond acceptors (Lipinski definition) is 5. The summed E-state index contributed by atoms with van der Waals surface area (Å²) >= 11 is 0. The highest BCUT2D eigenvalue weighted by Crippen LogP contribution is 2.22. The van der Waals surface area contributed by atoms with Crippen molar-refractivity contribution in [2.75, 3.05) is 11.1 Å². The van der Waals surface area contributed by atoms with Crippen molar-refractivity contribution >= 4 is 23.0 Å². The zero-order chi connectivity index (χ0) is 15.6. The van der Waals surface area contributed by atoms with Crippen LogP contribution < -0.4 is 11.1 Å². The van der Waals surface area contributed by atoms with E-state index in [1.165, 1.54) is 18.3 Å². The average Bonchev–Trinajstić information content (AvgIpc) is 2.37. The number of hydrogen-bond donors (Lipinski definition) is 2. The van der Waals surface area contributed by atoms with E-state index in [0.29, 0.717) is 5.69 Å². The molecular weight excluding hydrogens is 279 g/mol. The van der Waals surface area contributed by atoms with Gasteiger partial charge in [0.1, 0.15) is 0 Å². The highest BCUT2D eigenvalue weighted by molar-refractivity contribution is 6.07. The highest BCUT2D eigenvalue weighted by Gasteiger charge is 2.16. The van der Waals surface area contributed by atoms with Crippen molar-refractivity contribution in [3.05, 3.63) is 57.7 Å². The maximum atomic E-state index is 13.5. The number of nitrogen functional groups attached to an aromatic ring is 1. The van der Waals surface area contributed by atoms with Crippen LogP contribution in [0, 0.1) is 22.9 Å². The van der Waals surface area contributed by atoms with Crippen LogP contribution in [0.2, 0.25) is 0 Å². The van der Waals surface area contributed by atoms with Crippen LogP contribution in [0.25, 0.3) is 0 Å². The van der Waals surface area contributed by atoms with Crippen molar-refractivity contribution < 1.29 is 14.1 Å². The number of pyridine rings is 1. The molecule has 0 radical (unpaired) electrons. The Balaban J connectivity index is 2.23. The lowest BCUT2D eigenvalue weighted by molar-refractivity contribution is -0.387. The Kier molecular flexibility index (Phi) is 3.79. The molecule has 0 atom stereocenters. The zero-order valence-electron chi connectivity index (χ0n) is 11.0. The quantitative estimate of drug-likeness (QED) is 0.665. The van der Waals surface area contributed by atoms with Gasteiger partial charge in [-0.15, -0.1) is 0 Å². The number of amides is 1. The van der Waals surface area contributed by atoms with Gasteiger partial charge in [-0.3, -0.25) is 19.9 Å². The number of nitrogens with two attached hydrogens (primary N) is 1. The van der Waals surface area contributed by atoms with Crippen LogP contribution in [-0.4, -0.2) is 15.8 Å². The summed E-state index contributed by atoms with van der Waals surface area (Å²) in [6, 6.07) is 4.61. The minimum Gasteiger partial charge on any atom is -0.398 e. The van der Waals surface area contributed by atoms with Crippen molar-refractivity contribution in [3.8, 4) is 0 Å². The molecule has 0 aliphatic heterocycles. The molecule has 2 rings (SSSR count). The number of aromatic nitrogens is 1. The summed E-state index contributed by atoms with van der Waals surface area (Å²) in [6.07, 6.45) is 1.31. The molecule has 1 aromatic heterocycles. The van der Waals surface area contributed by atoms with Crippen LogP contribution >= 0.6 is 0 Å². The van der Waals surface area contributed by atoms with Gasteiger partial charge < -0.3 is 11.1 Å². The maximum Gasteiger partial charge on any atom is 0.304 e. The predicted molar refractivity (Wildman–Crippen MR) is 74.4 cm³/mol. The zero-order valence-corrected chi connectivity index (χ0v) is 11.0. The smallest absolute Gasteiger partial charge is 0.304 e. The topological polar surface area (TPSA) is 111 Å². The Hall–Kier alpha value is -3.03. The van der Waals surface area contributed by atoms with Gasteiger partial charge in [-0.25, -0.2) is 0 Å². The molecule has 2 aromatic rings. The van der Waals surface area contributed by atoms with E-state index in [2.05, 4.69) is 10.3 Å². The van der Waals surface area contributed by atoms with Gasteiger partial charge in [0.2, 0.25) is 5.82 Å². The molecule has 3 N–H and O–H groups in total. The van der Waals surface area contributed by atoms with E-state index in [4.69, 9.17) is 5.73 Å². The largest absolute Gasteiger partial charge is 0.398 e. The Labute approximate surface area is 118 Å². The normalized spacial score (nSPS) is 10.2. The minimum atomic E-state index is -1.03. The van der Waals surface area contributed by atoms with Crippen molar-refractivity contribution in [2.24, 2.45) is 0 Å². The number of nitro groups is 1. The first kappa shape index (κ1) is 14.4. The van der Waals surface area contributed by atoms with E-state index >= 15 is 0 Å². The van der Waals surface area contributed by atoms with Crippen LogP contribution in [0.1, 0.15) is 16.1 Å². The fourth-order valence-corrected chi connectivity index (χ4v) is 1.70. The Morgan fingerprint density at radius 1 is 1.43 bits per heavy atom. The molecule has 0 bridgehead atoms. The molecule has 21 heavy (non-hydrogen) atoms. The van der Waals surface area contributed by atoms with E-state index in [1.54, 1.807) is 6.92 Å². The number of nitrogens with zero attached hydrogens (tertiary/aromatic N) is 2. The Bertz CT molecular complexity index is 733. The lowest BCUT2D eigenvalue weighted by atomic mass is 10.2. The Morgan fingerprint density at radius 2 is 2.14 bits per heavy atom. The fourth-order valence-electron chi connectivity index (χ4n) is 1.70. The van der Waals surface area contributed by atoms with Gasteiger partial charge in [0.25, 0.3) is 5.91 Å². The molecule has 0 saturated carbocycles. The third kappa shape index (κ3) is 3.11. The molecular formula is C13H11FN4O3. The monoisotopic (exact) mass is 290 g/mol. The first-order chi connectivity index (χ1) is 9.88. The number of nitrogens with one attached hydrogen (secondary N) is 1. The number of carbonyl (C=O) groups is 1. The second kappa shape index (κ2) is 5.53. The third-order valence-electron chi connectivity index (χ3n) is 2.72. The minimum absolute atomic E-state index is 0.0862. The van der Waals surface area contributed by atoms with E-state index in [9.17, 15) is 19.3 Å². The van der Waals surface area contributed by atoms with Gasteiger partial charge >= 0.3 is 5.69 Å². The molecule has 0 aliphatic rings. The van der Waals surface area contributed by atoms with Crippen LogP contribution in [0.5, 0.6) is 0 Å². The molecule has 1 aromatic carbocycles. The average molecular weight is 290 g/mol. The van der Waals surface area contributed by atoms with Crippen molar-refractivity contribution in [1.29, 1.82) is 0 Å². The molecule has 0 spiro atoms. The first-order valence-corrected chi connectivity index (χ1v) is 5.86. The molecule has 7 nitrogen and oxygen atoms in total. The van der Waals surface area contributed by atoms with Gasteiger partial charge in [-0.1, -0.05) is 0 Å². The van der Waals surface area contributed by atoms with Crippen molar-refractivity contribution in [1.82, 2.24) is 4.98 Å². The molecule has 1 heterocycles. The Morgan fingerprint density at radius 3 is 2.71 bits per heavy atom. The van der Waals surface area contributed by atoms with Crippen molar-refractivity contribution in [2.45, 2.75) is 6.92 Å². The van der Waals surface area contributed by atoms with E-state index in [0.717, 1.165) is 12.1 Å². The first-order valence-electron chi connectivity index (χ1n) is 5.86.